The summed E-state index contributed by atoms with van der Waals surface area (Å²) in [6.07, 6.45) is 0. The van der Waals surface area contributed by atoms with Crippen LogP contribution in [0.1, 0.15) is 5.56 Å². The van der Waals surface area contributed by atoms with Crippen molar-refractivity contribution in [2.45, 2.75) is 26.5 Å². The van der Waals surface area contributed by atoms with Gasteiger partial charge in [-0.25, -0.2) is 0 Å². The molecule has 0 saturated heterocycles. The van der Waals surface area contributed by atoms with Crippen LogP contribution in [-0.4, -0.2) is 73.9 Å². The van der Waals surface area contributed by atoms with Gasteiger partial charge in [0.15, 0.2) is 0 Å². The smallest absolute Gasteiger partial charge is 0.294 e. The average Bonchev–Trinajstić information content (AvgIpc) is 3.09. The molecule has 0 saturated carbocycles. The Balaban J connectivity index is 1.34. The molecule has 0 aliphatic heterocycles. The molecule has 0 aliphatic carbocycles. The van der Waals surface area contributed by atoms with Crippen LogP contribution in [0.2, 0.25) is 5.28 Å². The van der Waals surface area contributed by atoms with Crippen molar-refractivity contribution in [1.29, 1.82) is 0 Å². The quantitative estimate of drug-likeness (QED) is 0.0571. The zero-order valence-electron chi connectivity index (χ0n) is 28.0. The van der Waals surface area contributed by atoms with Crippen LogP contribution in [0.4, 0.5) is 46.0 Å². The molecule has 294 valence electrons. The molecule has 4 aromatic carbocycles. The summed E-state index contributed by atoms with van der Waals surface area (Å²) in [5.41, 5.74) is 1.04. The van der Waals surface area contributed by atoms with Gasteiger partial charge in [0, 0.05) is 11.8 Å². The zero-order chi connectivity index (χ0) is 41.2. The van der Waals surface area contributed by atoms with E-state index < -0.39 is 60.1 Å². The van der Waals surface area contributed by atoms with E-state index in [4.69, 9.17) is 16.3 Å². The fraction of sp³-hybridized carbons (Fsp3) is 0.0690. The van der Waals surface area contributed by atoms with Crippen LogP contribution >= 0.6 is 11.6 Å². The minimum absolute atomic E-state index is 0.0122. The first kappa shape index (κ1) is 41.6. The van der Waals surface area contributed by atoms with E-state index in [-0.39, 0.29) is 45.7 Å². The first-order valence-corrected chi connectivity index (χ1v) is 20.9. The number of azo groups is 2. The molecule has 0 radical (unpaired) electrons. The zero-order valence-corrected chi connectivity index (χ0v) is 32.1. The maximum Gasteiger partial charge on any atom is 0.294 e. The third-order valence-corrected chi connectivity index (χ3v) is 10.5. The summed E-state index contributed by atoms with van der Waals surface area (Å²) in [7, 11) is -18.1. The third-order valence-electron chi connectivity index (χ3n) is 6.97. The molecule has 56 heavy (non-hydrogen) atoms. The highest BCUT2D eigenvalue weighted by molar-refractivity contribution is 7.87. The average molecular weight is 870 g/mol. The van der Waals surface area contributed by atoms with Gasteiger partial charge in [-0.3, -0.25) is 18.2 Å². The molecule has 0 aliphatic rings. The molecule has 6 N–H and O–H groups in total. The second-order valence-corrected chi connectivity index (χ2v) is 17.0. The van der Waals surface area contributed by atoms with Crippen molar-refractivity contribution in [3.63, 3.8) is 0 Å². The van der Waals surface area contributed by atoms with E-state index in [1.54, 1.807) is 19.1 Å². The lowest BCUT2D eigenvalue weighted by Crippen LogP contribution is -2.04. The molecule has 0 amide bonds. The van der Waals surface area contributed by atoms with Crippen LogP contribution in [0.5, 0.6) is 5.75 Å². The predicted octanol–water partition coefficient (Wildman–Crippen LogP) is 6.15. The van der Waals surface area contributed by atoms with Gasteiger partial charge in [-0.1, -0.05) is 0 Å². The van der Waals surface area contributed by atoms with Gasteiger partial charge in [-0.05, 0) is 90.8 Å². The Kier molecular flexibility index (Phi) is 11.8. The number of methoxy groups -OCH3 is 1. The van der Waals surface area contributed by atoms with Crippen LogP contribution in [0.25, 0.3) is 0 Å². The van der Waals surface area contributed by atoms with E-state index in [1.165, 1.54) is 31.4 Å². The molecule has 5 aromatic rings. The molecule has 1 heterocycles. The van der Waals surface area contributed by atoms with Crippen molar-refractivity contribution in [3.05, 3.63) is 83.6 Å². The minimum atomic E-state index is -4.87. The normalized spacial score (nSPS) is 12.6. The number of aryl methyl sites for hydroxylation is 1. The summed E-state index contributed by atoms with van der Waals surface area (Å²) >= 11 is 6.15. The number of nitrogens with zero attached hydrogens (tertiary/aromatic N) is 7. The van der Waals surface area contributed by atoms with E-state index in [0.29, 0.717) is 29.1 Å². The summed E-state index contributed by atoms with van der Waals surface area (Å²) in [6, 6.07) is 13.5. The van der Waals surface area contributed by atoms with Crippen molar-refractivity contribution >= 4 is 98.1 Å². The largest absolute Gasteiger partial charge is 0.494 e. The van der Waals surface area contributed by atoms with E-state index in [1.807, 2.05) is 0 Å². The SMILES string of the molecule is COc1cc(/N=N/c2cc(S(=O)(=O)O)cc(S(=O)(=O)O)c2)ccc1Nc1nc(Cl)nc(Nc2ccc(/N=N/c3cc(S(=O)(=O)O)cc(S(=O)(=O)O)c3)c(C)c2)n1. The number of hydrogen-bond donors (Lipinski definition) is 6. The van der Waals surface area contributed by atoms with Gasteiger partial charge < -0.3 is 15.4 Å². The van der Waals surface area contributed by atoms with Gasteiger partial charge >= 0.3 is 0 Å². The number of anilines is 4. The minimum Gasteiger partial charge on any atom is -0.494 e. The number of aromatic nitrogens is 3. The Morgan fingerprint density at radius 2 is 1.04 bits per heavy atom. The number of rotatable bonds is 13. The fourth-order valence-electron chi connectivity index (χ4n) is 4.45. The van der Waals surface area contributed by atoms with Crippen molar-refractivity contribution in [1.82, 2.24) is 15.0 Å². The van der Waals surface area contributed by atoms with Crippen molar-refractivity contribution in [3.8, 4) is 5.75 Å². The maximum absolute atomic E-state index is 11.6. The van der Waals surface area contributed by atoms with E-state index in [0.717, 1.165) is 24.3 Å². The summed E-state index contributed by atoms with van der Waals surface area (Å²) < 4.78 is 136. The molecule has 0 fully saturated rings. The summed E-state index contributed by atoms with van der Waals surface area (Å²) in [4.78, 5) is 9.05. The molecule has 0 bridgehead atoms. The summed E-state index contributed by atoms with van der Waals surface area (Å²) in [6.45, 7) is 1.65. The van der Waals surface area contributed by atoms with Gasteiger partial charge in [0.25, 0.3) is 40.5 Å². The predicted molar refractivity (Wildman–Crippen MR) is 196 cm³/mol. The fourth-order valence-corrected chi connectivity index (χ4v) is 6.95. The van der Waals surface area contributed by atoms with Crippen molar-refractivity contribution in [2.75, 3.05) is 17.7 Å². The molecule has 22 nitrogen and oxygen atoms in total. The Morgan fingerprint density at radius 1 is 0.571 bits per heavy atom. The number of nitrogens with one attached hydrogen (secondary N) is 2. The van der Waals surface area contributed by atoms with Gasteiger partial charge in [0.05, 0.1) is 55.1 Å². The number of benzene rings is 4. The molecule has 0 unspecified atom stereocenters. The van der Waals surface area contributed by atoms with Crippen LogP contribution in [0.3, 0.4) is 0 Å². The molecular weight excluding hydrogens is 846 g/mol. The molecule has 0 atom stereocenters. The van der Waals surface area contributed by atoms with Crippen molar-refractivity contribution < 1.29 is 56.6 Å². The van der Waals surface area contributed by atoms with Gasteiger partial charge in [0.1, 0.15) is 5.75 Å². The summed E-state index contributed by atoms with van der Waals surface area (Å²) in [5, 5.41) is 21.2. The first-order valence-electron chi connectivity index (χ1n) is 14.8. The Morgan fingerprint density at radius 3 is 1.50 bits per heavy atom. The highest BCUT2D eigenvalue weighted by Gasteiger charge is 2.20. The second-order valence-electron chi connectivity index (χ2n) is 11.0. The standard InChI is InChI=1S/C29H24ClN9O13S4/c1-15-7-16(3-5-24(15)39-38-19-10-22(55(46,47)48)14-23(11-19)56(49,50)51)31-28-33-27(30)34-29(35-28)32-25-6-4-17(12-26(25)52-2)36-37-18-8-20(53(40,41)42)13-21(9-18)54(43,44)45/h3-14H,1-2H3,(H,40,41,42)(H,43,44,45)(H,46,47,48)(H,49,50,51)(H2,31,32,33,34,35)/b37-36+,39-38+. The van der Waals surface area contributed by atoms with Crippen molar-refractivity contribution in [2.24, 2.45) is 20.5 Å². The monoisotopic (exact) mass is 869 g/mol. The maximum atomic E-state index is 11.6. The number of halogens is 1. The highest BCUT2D eigenvalue weighted by Crippen LogP contribution is 2.34. The van der Waals surface area contributed by atoms with Gasteiger partial charge in [0.2, 0.25) is 17.2 Å². The first-order chi connectivity index (χ1) is 26.0. The van der Waals surface area contributed by atoms with Crippen LogP contribution in [0, 0.1) is 6.92 Å². The second kappa shape index (κ2) is 15.9. The number of ether oxygens (including phenoxy) is 1. The van der Waals surface area contributed by atoms with E-state index in [2.05, 4.69) is 46.0 Å². The van der Waals surface area contributed by atoms with Gasteiger partial charge in [-0.15, -0.1) is 0 Å². The molecule has 5 rings (SSSR count). The highest BCUT2D eigenvalue weighted by atomic mass is 35.5. The Hall–Kier alpha value is -5.58. The topological polar surface area (TPSA) is 339 Å². The molecule has 0 spiro atoms. The lowest BCUT2D eigenvalue weighted by atomic mass is 10.2. The Labute approximate surface area is 322 Å². The molecule has 27 heteroatoms. The van der Waals surface area contributed by atoms with E-state index in [9.17, 15) is 51.9 Å². The molecular formula is C29H24ClN9O13S4. The Bertz CT molecular complexity index is 2800. The van der Waals surface area contributed by atoms with Crippen LogP contribution in [0.15, 0.2) is 113 Å². The number of hydrogen-bond acceptors (Lipinski definition) is 18. The van der Waals surface area contributed by atoms with Crippen LogP contribution in [-0.2, 0) is 40.5 Å². The molecule has 1 aromatic heterocycles. The van der Waals surface area contributed by atoms with E-state index >= 15 is 0 Å². The lowest BCUT2D eigenvalue weighted by Gasteiger charge is -2.12. The van der Waals surface area contributed by atoms with Crippen LogP contribution < -0.4 is 15.4 Å². The third kappa shape index (κ3) is 10.8. The lowest BCUT2D eigenvalue weighted by molar-refractivity contribution is 0.417. The summed E-state index contributed by atoms with van der Waals surface area (Å²) in [5.74, 6) is 0.123. The van der Waals surface area contributed by atoms with Gasteiger partial charge in [-0.2, -0.15) is 69.1 Å².